The van der Waals surface area contributed by atoms with E-state index in [9.17, 15) is 9.59 Å². The van der Waals surface area contributed by atoms with Crippen molar-refractivity contribution in [2.24, 2.45) is 0 Å². The van der Waals surface area contributed by atoms with Gasteiger partial charge in [-0.25, -0.2) is 4.79 Å². The van der Waals surface area contributed by atoms with E-state index < -0.39 is 17.9 Å². The molecule has 0 fully saturated rings. The number of nitrogens with one attached hydrogen (secondary N) is 1. The predicted octanol–water partition coefficient (Wildman–Crippen LogP) is 1.90. The predicted molar refractivity (Wildman–Crippen MR) is 71.9 cm³/mol. The van der Waals surface area contributed by atoms with Crippen LogP contribution in [0.15, 0.2) is 28.6 Å². The molecule has 7 heteroatoms. The number of hydrogen-bond donors (Lipinski definition) is 2. The Kier molecular flexibility index (Phi) is 6.03. The van der Waals surface area contributed by atoms with Gasteiger partial charge in [-0.3, -0.25) is 4.79 Å². The lowest BCUT2D eigenvalue weighted by Gasteiger charge is -2.13. The molecule has 0 aromatic carbocycles. The second-order valence-electron chi connectivity index (χ2n) is 3.29. The maximum Gasteiger partial charge on any atom is 0.328 e. The van der Waals surface area contributed by atoms with Crippen LogP contribution in [0.25, 0.3) is 0 Å². The van der Waals surface area contributed by atoms with Gasteiger partial charge in [-0.15, -0.1) is 17.9 Å². The number of amides is 1. The van der Waals surface area contributed by atoms with Crippen LogP contribution in [0.2, 0.25) is 0 Å². The monoisotopic (exact) mass is 333 g/mol. The molecule has 1 atom stereocenters. The highest BCUT2D eigenvalue weighted by atomic mass is 79.9. The molecular formula is C11H12BrNO4S. The van der Waals surface area contributed by atoms with E-state index in [1.54, 1.807) is 12.1 Å². The van der Waals surface area contributed by atoms with Gasteiger partial charge in [0.25, 0.3) is 5.91 Å². The molecule has 1 aromatic heterocycles. The summed E-state index contributed by atoms with van der Waals surface area (Å²) in [5.41, 5.74) is 0. The van der Waals surface area contributed by atoms with Gasteiger partial charge in [0.15, 0.2) is 6.04 Å². The minimum Gasteiger partial charge on any atom is -0.480 e. The van der Waals surface area contributed by atoms with Crippen molar-refractivity contribution in [3.05, 3.63) is 33.5 Å². The molecular weight excluding hydrogens is 322 g/mol. The SMILES string of the molecule is C=CCOCC(NC(=O)c1ccc(Br)s1)C(=O)O. The largest absolute Gasteiger partial charge is 0.480 e. The third kappa shape index (κ3) is 4.59. The zero-order chi connectivity index (χ0) is 13.5. The summed E-state index contributed by atoms with van der Waals surface area (Å²) in [4.78, 5) is 23.1. The molecule has 0 bridgehead atoms. The Bertz CT molecular complexity index is 446. The van der Waals surface area contributed by atoms with Crippen molar-refractivity contribution >= 4 is 39.1 Å². The highest BCUT2D eigenvalue weighted by molar-refractivity contribution is 9.11. The van der Waals surface area contributed by atoms with Crippen LogP contribution in [0.3, 0.4) is 0 Å². The van der Waals surface area contributed by atoms with Crippen LogP contribution in [0.1, 0.15) is 9.67 Å². The van der Waals surface area contributed by atoms with Gasteiger partial charge in [0.1, 0.15) is 0 Å². The summed E-state index contributed by atoms with van der Waals surface area (Å²) in [5, 5.41) is 11.3. The van der Waals surface area contributed by atoms with E-state index in [2.05, 4.69) is 27.8 Å². The van der Waals surface area contributed by atoms with Gasteiger partial charge in [0, 0.05) is 0 Å². The van der Waals surface area contributed by atoms with Gasteiger partial charge in [0.2, 0.25) is 0 Å². The van der Waals surface area contributed by atoms with Gasteiger partial charge in [0.05, 0.1) is 21.9 Å². The maximum absolute atomic E-state index is 11.7. The van der Waals surface area contributed by atoms with Gasteiger partial charge < -0.3 is 15.2 Å². The number of carbonyl (C=O) groups is 2. The molecule has 0 saturated carbocycles. The van der Waals surface area contributed by atoms with E-state index in [-0.39, 0.29) is 13.2 Å². The van der Waals surface area contributed by atoms with E-state index in [1.165, 1.54) is 17.4 Å². The van der Waals surface area contributed by atoms with Crippen LogP contribution in [0.5, 0.6) is 0 Å². The molecule has 98 valence electrons. The highest BCUT2D eigenvalue weighted by Crippen LogP contribution is 2.21. The molecule has 18 heavy (non-hydrogen) atoms. The van der Waals surface area contributed by atoms with Gasteiger partial charge in [-0.1, -0.05) is 6.08 Å². The van der Waals surface area contributed by atoms with E-state index in [1.807, 2.05) is 0 Å². The Labute approximate surface area is 117 Å². The summed E-state index contributed by atoms with van der Waals surface area (Å²) in [6.45, 7) is 3.59. The average molecular weight is 334 g/mol. The molecule has 0 saturated heterocycles. The van der Waals surface area contributed by atoms with Crippen LogP contribution in [-0.2, 0) is 9.53 Å². The van der Waals surface area contributed by atoms with Gasteiger partial charge in [-0.2, -0.15) is 0 Å². The Hall–Kier alpha value is -1.18. The fraction of sp³-hybridized carbons (Fsp3) is 0.273. The van der Waals surface area contributed by atoms with Gasteiger partial charge >= 0.3 is 5.97 Å². The maximum atomic E-state index is 11.7. The second kappa shape index (κ2) is 7.30. The van der Waals surface area contributed by atoms with Crippen LogP contribution in [0.4, 0.5) is 0 Å². The lowest BCUT2D eigenvalue weighted by molar-refractivity contribution is -0.140. The molecule has 0 radical (unpaired) electrons. The van der Waals surface area contributed by atoms with Crippen molar-refractivity contribution in [3.63, 3.8) is 0 Å². The lowest BCUT2D eigenvalue weighted by Crippen LogP contribution is -2.43. The van der Waals surface area contributed by atoms with Crippen LogP contribution in [0, 0.1) is 0 Å². The van der Waals surface area contributed by atoms with Crippen molar-refractivity contribution in [1.29, 1.82) is 0 Å². The van der Waals surface area contributed by atoms with Gasteiger partial charge in [-0.05, 0) is 28.1 Å². The summed E-state index contributed by atoms with van der Waals surface area (Å²) in [6, 6.07) is 2.27. The molecule has 0 spiro atoms. The number of aliphatic carboxylic acids is 1. The second-order valence-corrected chi connectivity index (χ2v) is 5.76. The molecule has 0 aliphatic carbocycles. The molecule has 0 aliphatic heterocycles. The van der Waals surface area contributed by atoms with Crippen molar-refractivity contribution in [2.75, 3.05) is 13.2 Å². The standard InChI is InChI=1S/C11H12BrNO4S/c1-2-5-17-6-7(11(15)16)13-10(14)8-3-4-9(12)18-8/h2-4,7H,1,5-6H2,(H,13,14)(H,15,16). The third-order valence-corrected chi connectivity index (χ3v) is 3.54. The Balaban J connectivity index is 2.57. The number of thiophene rings is 1. The first-order valence-electron chi connectivity index (χ1n) is 5.02. The Morgan fingerprint density at radius 2 is 2.33 bits per heavy atom. The topological polar surface area (TPSA) is 75.6 Å². The third-order valence-electron chi connectivity index (χ3n) is 1.92. The number of hydrogen-bond acceptors (Lipinski definition) is 4. The average Bonchev–Trinajstić information content (AvgIpc) is 2.74. The first-order valence-corrected chi connectivity index (χ1v) is 6.63. The molecule has 1 rings (SSSR count). The van der Waals surface area contributed by atoms with Crippen LogP contribution >= 0.6 is 27.3 Å². The van der Waals surface area contributed by atoms with Crippen molar-refractivity contribution in [3.8, 4) is 0 Å². The molecule has 1 aromatic rings. The summed E-state index contributed by atoms with van der Waals surface area (Å²) in [7, 11) is 0. The highest BCUT2D eigenvalue weighted by Gasteiger charge is 2.21. The minimum atomic E-state index is -1.14. The van der Waals surface area contributed by atoms with E-state index in [0.717, 1.165) is 3.79 Å². The first-order chi connectivity index (χ1) is 8.54. The number of carboxylic acid groups (broad SMARTS) is 1. The minimum absolute atomic E-state index is 0.0976. The van der Waals surface area contributed by atoms with Crippen molar-refractivity contribution < 1.29 is 19.4 Å². The first kappa shape index (κ1) is 14.9. The zero-order valence-corrected chi connectivity index (χ0v) is 11.8. The fourth-order valence-electron chi connectivity index (χ4n) is 1.11. The van der Waals surface area contributed by atoms with E-state index in [4.69, 9.17) is 9.84 Å². The number of ether oxygens (including phenoxy) is 1. The molecule has 5 nitrogen and oxygen atoms in total. The van der Waals surface area contributed by atoms with Crippen molar-refractivity contribution in [2.45, 2.75) is 6.04 Å². The number of carboxylic acids is 1. The molecule has 1 heterocycles. The Morgan fingerprint density at radius 3 is 2.83 bits per heavy atom. The summed E-state index contributed by atoms with van der Waals surface area (Å²) in [6.07, 6.45) is 1.51. The van der Waals surface area contributed by atoms with E-state index in [0.29, 0.717) is 4.88 Å². The zero-order valence-electron chi connectivity index (χ0n) is 9.39. The smallest absolute Gasteiger partial charge is 0.328 e. The normalized spacial score (nSPS) is 11.8. The number of carbonyl (C=O) groups excluding carboxylic acids is 1. The number of rotatable bonds is 7. The summed E-state index contributed by atoms with van der Waals surface area (Å²) >= 11 is 4.47. The Morgan fingerprint density at radius 1 is 1.61 bits per heavy atom. The van der Waals surface area contributed by atoms with Crippen molar-refractivity contribution in [1.82, 2.24) is 5.32 Å². The summed E-state index contributed by atoms with van der Waals surface area (Å²) < 4.78 is 5.84. The molecule has 1 amide bonds. The molecule has 2 N–H and O–H groups in total. The number of halogens is 1. The molecule has 0 aliphatic rings. The lowest BCUT2D eigenvalue weighted by atomic mass is 10.3. The molecule has 1 unspecified atom stereocenters. The fourth-order valence-corrected chi connectivity index (χ4v) is 2.40. The quantitative estimate of drug-likeness (QED) is 0.590. The van der Waals surface area contributed by atoms with Crippen LogP contribution in [-0.4, -0.2) is 36.2 Å². The van der Waals surface area contributed by atoms with Crippen LogP contribution < -0.4 is 5.32 Å². The summed E-state index contributed by atoms with van der Waals surface area (Å²) in [5.74, 6) is -1.57. The van der Waals surface area contributed by atoms with E-state index >= 15 is 0 Å².